The lowest BCUT2D eigenvalue weighted by Gasteiger charge is -2.22. The topological polar surface area (TPSA) is 91.3 Å². The number of ether oxygens (including phenoxy) is 1. The van der Waals surface area contributed by atoms with Gasteiger partial charge in [-0.25, -0.2) is 4.79 Å². The second-order valence-electron chi connectivity index (χ2n) is 10.4. The van der Waals surface area contributed by atoms with Crippen LogP contribution in [0.3, 0.4) is 0 Å². The standard InChI is InChI=1S/C35H34N4O4/c1-4-43-35(42)26-15-20-29-30(21-26)37-34(41)32(29)33(25-13-9-6-10-14-25)36-27-16-18-28(19-17-27)39(3)31(40)23-38(2)22-24-11-7-5-8-12-24/h5-21,32H,4,22-23H2,1-3H3,(H,37,41). The van der Waals surface area contributed by atoms with Gasteiger partial charge in [-0.15, -0.1) is 0 Å². The van der Waals surface area contributed by atoms with Crippen LogP contribution < -0.4 is 10.2 Å². The van der Waals surface area contributed by atoms with Gasteiger partial charge in [0, 0.05) is 25.0 Å². The van der Waals surface area contributed by atoms with Gasteiger partial charge in [-0.05, 0) is 67.1 Å². The number of nitrogens with one attached hydrogen (secondary N) is 1. The van der Waals surface area contributed by atoms with Gasteiger partial charge in [-0.1, -0.05) is 66.7 Å². The van der Waals surface area contributed by atoms with Crippen LogP contribution in [0.2, 0.25) is 0 Å². The molecule has 0 aliphatic carbocycles. The Bertz CT molecular complexity index is 1640. The molecule has 1 heterocycles. The van der Waals surface area contributed by atoms with Crippen molar-refractivity contribution >= 4 is 40.6 Å². The van der Waals surface area contributed by atoms with Crippen molar-refractivity contribution < 1.29 is 19.1 Å². The Balaban J connectivity index is 1.37. The van der Waals surface area contributed by atoms with Gasteiger partial charge >= 0.3 is 5.97 Å². The van der Waals surface area contributed by atoms with Crippen molar-refractivity contribution in [2.75, 3.05) is 37.5 Å². The van der Waals surface area contributed by atoms with E-state index in [0.717, 1.165) is 22.4 Å². The average molecular weight is 575 g/mol. The first-order valence-corrected chi connectivity index (χ1v) is 14.2. The molecule has 1 aliphatic rings. The van der Waals surface area contributed by atoms with Gasteiger partial charge in [0.05, 0.1) is 30.1 Å². The van der Waals surface area contributed by atoms with Crippen molar-refractivity contribution in [1.82, 2.24) is 4.90 Å². The molecule has 218 valence electrons. The number of nitrogens with zero attached hydrogens (tertiary/aromatic N) is 3. The molecule has 2 amide bonds. The van der Waals surface area contributed by atoms with Gasteiger partial charge in [0.25, 0.3) is 0 Å². The Hall–Kier alpha value is -5.08. The lowest BCUT2D eigenvalue weighted by atomic mass is 9.90. The smallest absolute Gasteiger partial charge is 0.338 e. The lowest BCUT2D eigenvalue weighted by molar-refractivity contribution is -0.119. The lowest BCUT2D eigenvalue weighted by Crippen LogP contribution is -2.36. The second kappa shape index (κ2) is 13.3. The number of rotatable bonds is 10. The summed E-state index contributed by atoms with van der Waals surface area (Å²) in [6.45, 7) is 2.97. The summed E-state index contributed by atoms with van der Waals surface area (Å²) in [5, 5.41) is 2.91. The summed E-state index contributed by atoms with van der Waals surface area (Å²) in [5.41, 5.74) is 5.61. The van der Waals surface area contributed by atoms with Crippen molar-refractivity contribution in [2.45, 2.75) is 19.4 Å². The Morgan fingerprint density at radius 1 is 0.860 bits per heavy atom. The van der Waals surface area contributed by atoms with Gasteiger partial charge in [0.1, 0.15) is 5.92 Å². The molecule has 5 rings (SSSR count). The third kappa shape index (κ3) is 6.88. The number of aliphatic imine (C=N–C) groups is 1. The summed E-state index contributed by atoms with van der Waals surface area (Å²) in [4.78, 5) is 47.1. The molecule has 0 bridgehead atoms. The molecule has 1 atom stereocenters. The minimum atomic E-state index is -0.669. The minimum Gasteiger partial charge on any atom is -0.462 e. The van der Waals surface area contributed by atoms with Gasteiger partial charge in [0.2, 0.25) is 11.8 Å². The van der Waals surface area contributed by atoms with E-state index in [4.69, 9.17) is 9.73 Å². The van der Waals surface area contributed by atoms with Crippen LogP contribution in [0.5, 0.6) is 0 Å². The molecule has 4 aromatic rings. The third-order valence-corrected chi connectivity index (χ3v) is 7.30. The maximum atomic E-state index is 13.3. The molecule has 43 heavy (non-hydrogen) atoms. The van der Waals surface area contributed by atoms with E-state index in [-0.39, 0.29) is 25.0 Å². The van der Waals surface area contributed by atoms with Crippen LogP contribution in [-0.4, -0.2) is 55.6 Å². The Morgan fingerprint density at radius 2 is 1.53 bits per heavy atom. The molecule has 0 saturated carbocycles. The van der Waals surface area contributed by atoms with E-state index in [9.17, 15) is 14.4 Å². The fourth-order valence-electron chi connectivity index (χ4n) is 5.10. The Kier molecular flexibility index (Phi) is 9.08. The highest BCUT2D eigenvalue weighted by Crippen LogP contribution is 2.37. The Morgan fingerprint density at radius 3 is 2.21 bits per heavy atom. The SMILES string of the molecule is CCOC(=O)c1ccc2c(c1)NC(=O)C2C(=Nc1ccc(N(C)C(=O)CN(C)Cc2ccccc2)cc1)c1ccccc1. The van der Waals surface area contributed by atoms with Gasteiger partial charge in [-0.3, -0.25) is 19.5 Å². The first kappa shape index (κ1) is 29.4. The van der Waals surface area contributed by atoms with E-state index in [1.807, 2.05) is 96.9 Å². The quantitative estimate of drug-likeness (QED) is 0.191. The summed E-state index contributed by atoms with van der Waals surface area (Å²) in [7, 11) is 3.69. The van der Waals surface area contributed by atoms with E-state index >= 15 is 0 Å². The summed E-state index contributed by atoms with van der Waals surface area (Å²) < 4.78 is 5.12. The number of amides is 2. The molecule has 1 aliphatic heterocycles. The van der Waals surface area contributed by atoms with Crippen molar-refractivity contribution in [3.05, 3.63) is 125 Å². The number of likely N-dealkylation sites (N-methyl/N-ethyl adjacent to an activating group) is 2. The third-order valence-electron chi connectivity index (χ3n) is 7.30. The molecule has 4 aromatic carbocycles. The molecule has 0 radical (unpaired) electrons. The fraction of sp³-hybridized carbons (Fsp3) is 0.200. The second-order valence-corrected chi connectivity index (χ2v) is 10.4. The zero-order valence-electron chi connectivity index (χ0n) is 24.5. The zero-order chi connectivity index (χ0) is 30.3. The minimum absolute atomic E-state index is 0.0268. The normalized spacial score (nSPS) is 14.3. The summed E-state index contributed by atoms with van der Waals surface area (Å²) in [5.74, 6) is -1.36. The first-order chi connectivity index (χ1) is 20.8. The van der Waals surface area contributed by atoms with E-state index in [0.29, 0.717) is 29.2 Å². The van der Waals surface area contributed by atoms with Crippen molar-refractivity contribution in [3.63, 3.8) is 0 Å². The van der Waals surface area contributed by atoms with Crippen molar-refractivity contribution in [2.24, 2.45) is 4.99 Å². The monoisotopic (exact) mass is 574 g/mol. The fourth-order valence-corrected chi connectivity index (χ4v) is 5.10. The number of hydrogen-bond donors (Lipinski definition) is 1. The summed E-state index contributed by atoms with van der Waals surface area (Å²) in [6, 6.07) is 32.1. The van der Waals surface area contributed by atoms with E-state index < -0.39 is 11.9 Å². The van der Waals surface area contributed by atoms with E-state index in [1.165, 1.54) is 0 Å². The first-order valence-electron chi connectivity index (χ1n) is 14.2. The molecular weight excluding hydrogens is 540 g/mol. The number of hydrogen-bond acceptors (Lipinski definition) is 6. The number of fused-ring (bicyclic) bond motifs is 1. The van der Waals surface area contributed by atoms with Crippen LogP contribution in [0, 0.1) is 0 Å². The molecule has 1 N–H and O–H groups in total. The molecule has 0 fully saturated rings. The molecular formula is C35H34N4O4. The van der Waals surface area contributed by atoms with Crippen LogP contribution in [0.4, 0.5) is 17.1 Å². The van der Waals surface area contributed by atoms with Crippen molar-refractivity contribution in [1.29, 1.82) is 0 Å². The van der Waals surface area contributed by atoms with Crippen molar-refractivity contribution in [3.8, 4) is 0 Å². The average Bonchev–Trinajstić information content (AvgIpc) is 3.35. The maximum absolute atomic E-state index is 13.3. The predicted molar refractivity (Wildman–Crippen MR) is 169 cm³/mol. The highest BCUT2D eigenvalue weighted by Gasteiger charge is 2.36. The number of esters is 1. The summed E-state index contributed by atoms with van der Waals surface area (Å²) in [6.07, 6.45) is 0. The van der Waals surface area contributed by atoms with Gasteiger partial charge in [-0.2, -0.15) is 0 Å². The largest absolute Gasteiger partial charge is 0.462 e. The van der Waals surface area contributed by atoms with E-state index in [2.05, 4.69) is 5.32 Å². The highest BCUT2D eigenvalue weighted by molar-refractivity contribution is 6.24. The predicted octanol–water partition coefficient (Wildman–Crippen LogP) is 5.81. The molecule has 0 aromatic heterocycles. The highest BCUT2D eigenvalue weighted by atomic mass is 16.5. The number of benzene rings is 4. The number of carbonyl (C=O) groups is 3. The van der Waals surface area contributed by atoms with Crippen LogP contribution in [0.1, 0.15) is 39.9 Å². The number of carbonyl (C=O) groups excluding carboxylic acids is 3. The molecule has 1 unspecified atom stereocenters. The zero-order valence-corrected chi connectivity index (χ0v) is 24.5. The Labute approximate surface area is 251 Å². The van der Waals surface area contributed by atoms with Crippen LogP contribution in [-0.2, 0) is 20.9 Å². The van der Waals surface area contributed by atoms with Crippen LogP contribution in [0.15, 0.2) is 108 Å². The number of anilines is 2. The van der Waals surface area contributed by atoms with E-state index in [1.54, 1.807) is 37.1 Å². The molecule has 8 heteroatoms. The molecule has 8 nitrogen and oxygen atoms in total. The molecule has 0 saturated heterocycles. The van der Waals surface area contributed by atoms with Crippen LogP contribution >= 0.6 is 0 Å². The maximum Gasteiger partial charge on any atom is 0.338 e. The van der Waals surface area contributed by atoms with Gasteiger partial charge < -0.3 is 15.0 Å². The molecule has 0 spiro atoms. The van der Waals surface area contributed by atoms with Crippen LogP contribution in [0.25, 0.3) is 0 Å². The van der Waals surface area contributed by atoms with Gasteiger partial charge in [0.15, 0.2) is 0 Å². The summed E-state index contributed by atoms with van der Waals surface area (Å²) >= 11 is 0.